The molecule has 0 heterocycles. The van der Waals surface area contributed by atoms with Crippen LogP contribution in [0, 0.1) is 5.92 Å². The molecule has 1 aromatic carbocycles. The summed E-state index contributed by atoms with van der Waals surface area (Å²) < 4.78 is 0. The molecule has 0 spiro atoms. The number of benzene rings is 1. The van der Waals surface area contributed by atoms with Crippen LogP contribution >= 0.6 is 23.2 Å². The van der Waals surface area contributed by atoms with Gasteiger partial charge in [-0.15, -0.1) is 0 Å². The zero-order chi connectivity index (χ0) is 14.7. The summed E-state index contributed by atoms with van der Waals surface area (Å²) in [6.07, 6.45) is 2.48. The molecule has 0 saturated heterocycles. The highest BCUT2D eigenvalue weighted by molar-refractivity contribution is 6.35. The Balaban J connectivity index is 1.81. The minimum atomic E-state index is 0.104. The molecule has 0 radical (unpaired) electrons. The Morgan fingerprint density at radius 2 is 2.15 bits per heavy atom. The number of hydrogen-bond donors (Lipinski definition) is 2. The van der Waals surface area contributed by atoms with Gasteiger partial charge in [-0.3, -0.25) is 4.79 Å². The van der Waals surface area contributed by atoms with Gasteiger partial charge in [-0.25, -0.2) is 0 Å². The zero-order valence-corrected chi connectivity index (χ0v) is 13.4. The third-order valence-electron chi connectivity index (χ3n) is 3.69. The van der Waals surface area contributed by atoms with Crippen molar-refractivity contribution in [3.63, 3.8) is 0 Å². The topological polar surface area (TPSA) is 33.5 Å². The zero-order valence-electron chi connectivity index (χ0n) is 11.9. The maximum absolute atomic E-state index is 11.9. The van der Waals surface area contributed by atoms with Crippen molar-refractivity contribution in [3.05, 3.63) is 33.8 Å². The number of nitrogens with one attached hydrogen (secondary N) is 2. The summed E-state index contributed by atoms with van der Waals surface area (Å²) in [6, 6.07) is 5.78. The van der Waals surface area contributed by atoms with Crippen LogP contribution in [0.25, 0.3) is 0 Å². The van der Waals surface area contributed by atoms with E-state index < -0.39 is 0 Å². The number of halogens is 2. The third-order valence-corrected chi connectivity index (χ3v) is 4.27. The van der Waals surface area contributed by atoms with Crippen molar-refractivity contribution >= 4 is 29.1 Å². The predicted octanol–water partition coefficient (Wildman–Crippen LogP) is 1.92. The minimum absolute atomic E-state index is 0.104. The maximum atomic E-state index is 11.9. The Labute approximate surface area is 130 Å². The second-order valence-corrected chi connectivity index (χ2v) is 6.58. The summed E-state index contributed by atoms with van der Waals surface area (Å²) in [6.45, 7) is 3.25. The lowest BCUT2D eigenvalue weighted by Crippen LogP contribution is -3.09. The molecule has 2 N–H and O–H groups in total. The highest BCUT2D eigenvalue weighted by Crippen LogP contribution is 2.32. The molecule has 110 valence electrons. The number of carbonyl (C=O) groups excluding carboxylic acids is 1. The molecular formula is C15H21Cl2N2O+. The van der Waals surface area contributed by atoms with Crippen molar-refractivity contribution in [2.24, 2.45) is 5.92 Å². The Morgan fingerprint density at radius 3 is 2.75 bits per heavy atom. The highest BCUT2D eigenvalue weighted by Gasteiger charge is 2.29. The number of hydrogen-bond acceptors (Lipinski definition) is 1. The van der Waals surface area contributed by atoms with E-state index in [1.807, 2.05) is 19.2 Å². The van der Waals surface area contributed by atoms with E-state index in [2.05, 4.69) is 12.2 Å². The molecule has 1 saturated carbocycles. The molecule has 1 aliphatic carbocycles. The number of amides is 1. The fraction of sp³-hybridized carbons (Fsp3) is 0.533. The van der Waals surface area contributed by atoms with Crippen LogP contribution in [0.3, 0.4) is 0 Å². The quantitative estimate of drug-likeness (QED) is 0.826. The Hall–Kier alpha value is -0.770. The number of quaternary nitrogens is 1. The van der Waals surface area contributed by atoms with Crippen molar-refractivity contribution in [2.45, 2.75) is 32.4 Å². The van der Waals surface area contributed by atoms with E-state index in [1.165, 1.54) is 12.8 Å². The molecule has 1 amide bonds. The molecular weight excluding hydrogens is 295 g/mol. The molecule has 20 heavy (non-hydrogen) atoms. The maximum Gasteiger partial charge on any atom is 0.275 e. The normalized spacial score (nSPS) is 17.6. The molecule has 0 aromatic heterocycles. The summed E-state index contributed by atoms with van der Waals surface area (Å²) in [5, 5.41) is 4.36. The lowest BCUT2D eigenvalue weighted by Gasteiger charge is -2.17. The largest absolute Gasteiger partial charge is 0.348 e. The standard InChI is InChI=1S/C15H20Cl2N2O/c1-10(11-3-4-11)18-15(20)9-19(2)8-12-5-6-13(16)7-14(12)17/h5-7,10-11H,3-4,8-9H2,1-2H3,(H,18,20)/p+1/t10-/m1/s1. The van der Waals surface area contributed by atoms with Crippen LogP contribution in [0.5, 0.6) is 0 Å². The molecule has 5 heteroatoms. The summed E-state index contributed by atoms with van der Waals surface area (Å²) in [5.41, 5.74) is 1.01. The van der Waals surface area contributed by atoms with Crippen LogP contribution in [0.2, 0.25) is 10.0 Å². The highest BCUT2D eigenvalue weighted by atomic mass is 35.5. The van der Waals surface area contributed by atoms with Gasteiger partial charge in [0.1, 0.15) is 6.54 Å². The molecule has 1 aromatic rings. The lowest BCUT2D eigenvalue weighted by molar-refractivity contribution is -0.885. The van der Waals surface area contributed by atoms with Gasteiger partial charge in [0.15, 0.2) is 6.54 Å². The van der Waals surface area contributed by atoms with Gasteiger partial charge in [-0.1, -0.05) is 29.3 Å². The van der Waals surface area contributed by atoms with E-state index in [0.717, 1.165) is 10.5 Å². The van der Waals surface area contributed by atoms with Crippen LogP contribution in [-0.2, 0) is 11.3 Å². The summed E-state index contributed by atoms with van der Waals surface area (Å²) >= 11 is 12.0. The molecule has 0 aliphatic heterocycles. The fourth-order valence-corrected chi connectivity index (χ4v) is 2.82. The van der Waals surface area contributed by atoms with Gasteiger partial charge in [-0.05, 0) is 37.8 Å². The van der Waals surface area contributed by atoms with E-state index in [4.69, 9.17) is 23.2 Å². The van der Waals surface area contributed by atoms with Crippen LogP contribution in [0.4, 0.5) is 0 Å². The van der Waals surface area contributed by atoms with Crippen molar-refractivity contribution in [1.82, 2.24) is 5.32 Å². The first kappa shape index (κ1) is 15.6. The molecule has 2 rings (SSSR count). The van der Waals surface area contributed by atoms with E-state index in [-0.39, 0.29) is 5.91 Å². The smallest absolute Gasteiger partial charge is 0.275 e. The van der Waals surface area contributed by atoms with Crippen LogP contribution < -0.4 is 10.2 Å². The van der Waals surface area contributed by atoms with Gasteiger partial charge in [0.25, 0.3) is 5.91 Å². The van der Waals surface area contributed by atoms with Crippen LogP contribution in [-0.4, -0.2) is 25.5 Å². The first-order valence-electron chi connectivity index (χ1n) is 7.00. The first-order valence-corrected chi connectivity index (χ1v) is 7.76. The van der Waals surface area contributed by atoms with Crippen molar-refractivity contribution in [3.8, 4) is 0 Å². The molecule has 3 nitrogen and oxygen atoms in total. The fourth-order valence-electron chi connectivity index (χ4n) is 2.35. The number of likely N-dealkylation sites (N-methyl/N-ethyl adjacent to an activating group) is 1. The molecule has 0 bridgehead atoms. The van der Waals surface area contributed by atoms with Gasteiger partial charge in [0.05, 0.1) is 12.1 Å². The second-order valence-electron chi connectivity index (χ2n) is 5.74. The molecule has 1 aliphatic rings. The second kappa shape index (κ2) is 6.79. The van der Waals surface area contributed by atoms with E-state index in [0.29, 0.717) is 35.1 Å². The number of carbonyl (C=O) groups is 1. The van der Waals surface area contributed by atoms with Gasteiger partial charge >= 0.3 is 0 Å². The Bertz CT molecular complexity index is 489. The van der Waals surface area contributed by atoms with E-state index in [9.17, 15) is 4.79 Å². The van der Waals surface area contributed by atoms with Gasteiger partial charge in [0.2, 0.25) is 0 Å². The lowest BCUT2D eigenvalue weighted by atomic mass is 10.2. The van der Waals surface area contributed by atoms with Crippen LogP contribution in [0.1, 0.15) is 25.3 Å². The monoisotopic (exact) mass is 315 g/mol. The SMILES string of the molecule is C[C@@H](NC(=O)C[NH+](C)Cc1ccc(Cl)cc1Cl)C1CC1. The van der Waals surface area contributed by atoms with Crippen molar-refractivity contribution in [1.29, 1.82) is 0 Å². The van der Waals surface area contributed by atoms with Gasteiger partial charge < -0.3 is 10.2 Å². The summed E-state index contributed by atoms with van der Waals surface area (Å²) in [4.78, 5) is 13.0. The van der Waals surface area contributed by atoms with Gasteiger partial charge in [-0.2, -0.15) is 0 Å². The predicted molar refractivity (Wildman–Crippen MR) is 82.2 cm³/mol. The Kier molecular flexibility index (Phi) is 5.30. The van der Waals surface area contributed by atoms with Crippen LogP contribution in [0.15, 0.2) is 18.2 Å². The minimum Gasteiger partial charge on any atom is -0.348 e. The van der Waals surface area contributed by atoms with Gasteiger partial charge in [0, 0.05) is 16.6 Å². The molecule has 2 atom stereocenters. The summed E-state index contributed by atoms with van der Waals surface area (Å²) in [7, 11) is 1.99. The third kappa shape index (κ3) is 4.65. The van der Waals surface area contributed by atoms with E-state index in [1.54, 1.807) is 6.07 Å². The summed E-state index contributed by atoms with van der Waals surface area (Å²) in [5.74, 6) is 0.789. The average Bonchev–Trinajstić information content (AvgIpc) is 3.16. The molecule has 1 unspecified atom stereocenters. The number of rotatable bonds is 6. The molecule has 1 fully saturated rings. The van der Waals surface area contributed by atoms with Crippen molar-refractivity contribution in [2.75, 3.05) is 13.6 Å². The van der Waals surface area contributed by atoms with Crippen molar-refractivity contribution < 1.29 is 9.69 Å². The first-order chi connectivity index (χ1) is 9.45. The Morgan fingerprint density at radius 1 is 1.45 bits per heavy atom. The average molecular weight is 316 g/mol. The van der Waals surface area contributed by atoms with E-state index >= 15 is 0 Å².